The van der Waals surface area contributed by atoms with Crippen molar-refractivity contribution in [2.75, 3.05) is 19.6 Å². The predicted octanol–water partition coefficient (Wildman–Crippen LogP) is 1.41. The molecule has 4 nitrogen and oxygen atoms in total. The summed E-state index contributed by atoms with van der Waals surface area (Å²) in [5, 5.41) is 3.61. The van der Waals surface area contributed by atoms with Crippen molar-refractivity contribution in [3.8, 4) is 0 Å². The topological polar surface area (TPSA) is 33.1 Å². The Balaban J connectivity index is 1.52. The van der Waals surface area contributed by atoms with Crippen LogP contribution in [0.25, 0.3) is 0 Å². The molecule has 1 aromatic rings. The van der Waals surface area contributed by atoms with E-state index in [1.54, 1.807) is 0 Å². The van der Waals surface area contributed by atoms with Gasteiger partial charge < -0.3 is 9.88 Å². The molecule has 1 saturated carbocycles. The minimum absolute atomic E-state index is 0.731. The fraction of sp³-hybridized carbons (Fsp3) is 0.786. The van der Waals surface area contributed by atoms with Gasteiger partial charge in [-0.25, -0.2) is 4.98 Å². The molecule has 1 aromatic heterocycles. The Hall–Kier alpha value is -0.870. The Kier molecular flexibility index (Phi) is 3.66. The Bertz CT molecular complexity index is 377. The SMILES string of the molecule is Cc1nccn1CCN(CC1CCCN1)C1CC1. The largest absolute Gasteiger partial charge is 0.334 e. The van der Waals surface area contributed by atoms with E-state index in [1.165, 1.54) is 45.3 Å². The second-order valence-electron chi connectivity index (χ2n) is 5.69. The van der Waals surface area contributed by atoms with Crippen molar-refractivity contribution < 1.29 is 0 Å². The van der Waals surface area contributed by atoms with E-state index in [1.807, 2.05) is 6.20 Å². The molecule has 0 amide bonds. The molecule has 0 spiro atoms. The summed E-state index contributed by atoms with van der Waals surface area (Å²) in [5.74, 6) is 1.13. The number of hydrogen-bond donors (Lipinski definition) is 1. The summed E-state index contributed by atoms with van der Waals surface area (Å²) in [6.45, 7) is 6.78. The van der Waals surface area contributed by atoms with E-state index in [4.69, 9.17) is 0 Å². The van der Waals surface area contributed by atoms with Gasteiger partial charge in [0.2, 0.25) is 0 Å². The Morgan fingerprint density at radius 3 is 2.94 bits per heavy atom. The second-order valence-corrected chi connectivity index (χ2v) is 5.69. The minimum atomic E-state index is 0.731. The van der Waals surface area contributed by atoms with Gasteiger partial charge in [0, 0.05) is 44.1 Å². The maximum Gasteiger partial charge on any atom is 0.105 e. The van der Waals surface area contributed by atoms with Gasteiger partial charge in [0.1, 0.15) is 5.82 Å². The van der Waals surface area contributed by atoms with Crippen LogP contribution in [0.3, 0.4) is 0 Å². The molecular weight excluding hydrogens is 224 g/mol. The molecule has 100 valence electrons. The van der Waals surface area contributed by atoms with Gasteiger partial charge in [-0.2, -0.15) is 0 Å². The van der Waals surface area contributed by atoms with E-state index in [0.29, 0.717) is 0 Å². The van der Waals surface area contributed by atoms with Gasteiger partial charge in [0.05, 0.1) is 0 Å². The molecule has 2 fully saturated rings. The molecule has 0 aromatic carbocycles. The van der Waals surface area contributed by atoms with Crippen LogP contribution < -0.4 is 5.32 Å². The molecular formula is C14H24N4. The predicted molar refractivity (Wildman–Crippen MR) is 72.6 cm³/mol. The fourth-order valence-electron chi connectivity index (χ4n) is 2.93. The van der Waals surface area contributed by atoms with Gasteiger partial charge in [0.25, 0.3) is 0 Å². The van der Waals surface area contributed by atoms with Gasteiger partial charge in [0.15, 0.2) is 0 Å². The first-order chi connectivity index (χ1) is 8.83. The van der Waals surface area contributed by atoms with E-state index in [0.717, 1.165) is 24.5 Å². The number of nitrogens with zero attached hydrogens (tertiary/aromatic N) is 3. The van der Waals surface area contributed by atoms with E-state index in [9.17, 15) is 0 Å². The lowest BCUT2D eigenvalue weighted by molar-refractivity contribution is 0.230. The van der Waals surface area contributed by atoms with Gasteiger partial charge in [-0.15, -0.1) is 0 Å². The van der Waals surface area contributed by atoms with Crippen LogP contribution in [0.15, 0.2) is 12.4 Å². The zero-order valence-electron chi connectivity index (χ0n) is 11.3. The lowest BCUT2D eigenvalue weighted by atomic mass is 10.2. The van der Waals surface area contributed by atoms with E-state index in [2.05, 4.69) is 32.9 Å². The van der Waals surface area contributed by atoms with Crippen LogP contribution in [0.5, 0.6) is 0 Å². The van der Waals surface area contributed by atoms with Gasteiger partial charge in [-0.3, -0.25) is 4.90 Å². The highest BCUT2D eigenvalue weighted by Gasteiger charge is 2.30. The third kappa shape index (κ3) is 2.93. The highest BCUT2D eigenvalue weighted by molar-refractivity contribution is 4.91. The average Bonchev–Trinajstić information content (AvgIpc) is 2.93. The lowest BCUT2D eigenvalue weighted by Crippen LogP contribution is -2.40. The monoisotopic (exact) mass is 248 g/mol. The van der Waals surface area contributed by atoms with Crippen LogP contribution in [-0.2, 0) is 6.54 Å². The molecule has 2 aliphatic rings. The van der Waals surface area contributed by atoms with Crippen LogP contribution in [0.2, 0.25) is 0 Å². The quantitative estimate of drug-likeness (QED) is 0.826. The third-order valence-corrected chi connectivity index (χ3v) is 4.23. The first-order valence-corrected chi connectivity index (χ1v) is 7.28. The number of imidazole rings is 1. The van der Waals surface area contributed by atoms with Crippen molar-refractivity contribution >= 4 is 0 Å². The number of rotatable bonds is 6. The summed E-state index contributed by atoms with van der Waals surface area (Å²) < 4.78 is 2.26. The highest BCUT2D eigenvalue weighted by atomic mass is 15.2. The van der Waals surface area contributed by atoms with Gasteiger partial charge >= 0.3 is 0 Å². The first kappa shape index (κ1) is 12.2. The summed E-state index contributed by atoms with van der Waals surface area (Å²) in [6, 6.07) is 1.59. The van der Waals surface area contributed by atoms with E-state index < -0.39 is 0 Å². The summed E-state index contributed by atoms with van der Waals surface area (Å²) in [6.07, 6.45) is 9.49. The molecule has 1 saturated heterocycles. The van der Waals surface area contributed by atoms with Gasteiger partial charge in [-0.1, -0.05) is 0 Å². The van der Waals surface area contributed by atoms with Crippen molar-refractivity contribution in [1.82, 2.24) is 19.8 Å². The zero-order chi connectivity index (χ0) is 12.4. The smallest absolute Gasteiger partial charge is 0.105 e. The summed E-state index contributed by atoms with van der Waals surface area (Å²) in [5.41, 5.74) is 0. The molecule has 0 bridgehead atoms. The first-order valence-electron chi connectivity index (χ1n) is 7.28. The average molecular weight is 248 g/mol. The number of aryl methyl sites for hydroxylation is 1. The molecule has 2 heterocycles. The summed E-state index contributed by atoms with van der Waals surface area (Å²) in [4.78, 5) is 6.97. The Labute approximate surface area is 109 Å². The normalized spacial score (nSPS) is 24.0. The highest BCUT2D eigenvalue weighted by Crippen LogP contribution is 2.27. The Morgan fingerprint density at radius 1 is 1.44 bits per heavy atom. The zero-order valence-corrected chi connectivity index (χ0v) is 11.3. The Morgan fingerprint density at radius 2 is 2.33 bits per heavy atom. The molecule has 1 aliphatic heterocycles. The van der Waals surface area contributed by atoms with Crippen LogP contribution in [0.1, 0.15) is 31.5 Å². The molecule has 1 aliphatic carbocycles. The maximum absolute atomic E-state index is 4.29. The standard InChI is InChI=1S/C14H24N4/c1-12-15-7-8-17(12)9-10-18(14-4-5-14)11-13-3-2-6-16-13/h7-8,13-14,16H,2-6,9-11H2,1H3. The molecule has 3 rings (SSSR count). The molecule has 18 heavy (non-hydrogen) atoms. The van der Waals surface area contributed by atoms with E-state index >= 15 is 0 Å². The molecule has 1 atom stereocenters. The van der Waals surface area contributed by atoms with E-state index in [-0.39, 0.29) is 0 Å². The van der Waals surface area contributed by atoms with Crippen molar-refractivity contribution in [2.45, 2.75) is 51.2 Å². The number of nitrogens with one attached hydrogen (secondary N) is 1. The number of hydrogen-bond acceptors (Lipinski definition) is 3. The van der Waals surface area contributed by atoms with Crippen molar-refractivity contribution in [3.05, 3.63) is 18.2 Å². The van der Waals surface area contributed by atoms with Crippen molar-refractivity contribution in [3.63, 3.8) is 0 Å². The molecule has 1 N–H and O–H groups in total. The second kappa shape index (κ2) is 5.41. The van der Waals surface area contributed by atoms with Crippen LogP contribution in [0, 0.1) is 6.92 Å². The van der Waals surface area contributed by atoms with Crippen molar-refractivity contribution in [1.29, 1.82) is 0 Å². The van der Waals surface area contributed by atoms with Crippen LogP contribution in [0.4, 0.5) is 0 Å². The third-order valence-electron chi connectivity index (χ3n) is 4.23. The summed E-state index contributed by atoms with van der Waals surface area (Å²) >= 11 is 0. The fourth-order valence-corrected chi connectivity index (χ4v) is 2.93. The molecule has 1 unspecified atom stereocenters. The van der Waals surface area contributed by atoms with Crippen LogP contribution in [-0.4, -0.2) is 46.2 Å². The summed E-state index contributed by atoms with van der Waals surface area (Å²) in [7, 11) is 0. The molecule has 0 radical (unpaired) electrons. The maximum atomic E-state index is 4.29. The lowest BCUT2D eigenvalue weighted by Gasteiger charge is -2.25. The van der Waals surface area contributed by atoms with Gasteiger partial charge in [-0.05, 0) is 39.2 Å². The number of aromatic nitrogens is 2. The van der Waals surface area contributed by atoms with Crippen LogP contribution >= 0.6 is 0 Å². The molecule has 4 heteroatoms. The van der Waals surface area contributed by atoms with Crippen molar-refractivity contribution in [2.24, 2.45) is 0 Å². The minimum Gasteiger partial charge on any atom is -0.334 e.